The summed E-state index contributed by atoms with van der Waals surface area (Å²) in [6.45, 7) is 4.85. The Balaban J connectivity index is 0.000000511. The monoisotopic (exact) mass is 349 g/mol. The van der Waals surface area contributed by atoms with Gasteiger partial charge in [-0.25, -0.2) is 4.98 Å². The summed E-state index contributed by atoms with van der Waals surface area (Å²) in [7, 11) is 1.68. The van der Waals surface area contributed by atoms with Crippen molar-refractivity contribution in [3.63, 3.8) is 0 Å². The molecule has 0 atom stereocenters. The molecule has 9 nitrogen and oxygen atoms in total. The molecule has 1 aliphatic rings. The van der Waals surface area contributed by atoms with E-state index in [-0.39, 0.29) is 6.61 Å². The van der Waals surface area contributed by atoms with Crippen LogP contribution in [0.2, 0.25) is 0 Å². The highest BCUT2D eigenvalue weighted by Crippen LogP contribution is 2.23. The second-order valence-electron chi connectivity index (χ2n) is 5.50. The molecule has 25 heavy (non-hydrogen) atoms. The number of benzene rings is 1. The summed E-state index contributed by atoms with van der Waals surface area (Å²) in [6, 6.07) is 10.1. The molecule has 0 amide bonds. The van der Waals surface area contributed by atoms with Crippen molar-refractivity contribution in [3.05, 3.63) is 45.7 Å². The second-order valence-corrected chi connectivity index (χ2v) is 5.50. The first-order chi connectivity index (χ1) is 12.0. The summed E-state index contributed by atoms with van der Waals surface area (Å²) in [5.74, 6) is 1.88. The van der Waals surface area contributed by atoms with Gasteiger partial charge in [-0.05, 0) is 30.3 Å². The van der Waals surface area contributed by atoms with Crippen molar-refractivity contribution < 1.29 is 14.9 Å². The number of methoxy groups -OCH3 is 1. The molecule has 1 aromatic carbocycles. The second kappa shape index (κ2) is 9.00. The van der Waals surface area contributed by atoms with E-state index in [1.165, 1.54) is 0 Å². The summed E-state index contributed by atoms with van der Waals surface area (Å²) < 4.78 is 5.24. The maximum absolute atomic E-state index is 8.98. The first-order valence-electron chi connectivity index (χ1n) is 7.88. The average Bonchev–Trinajstić information content (AvgIpc) is 2.61. The first-order valence-corrected chi connectivity index (χ1v) is 7.88. The number of nitrogens with zero attached hydrogens (tertiary/aromatic N) is 4. The van der Waals surface area contributed by atoms with Crippen LogP contribution in [0.5, 0.6) is 5.75 Å². The Bertz CT molecular complexity index is 700. The summed E-state index contributed by atoms with van der Waals surface area (Å²) in [6.07, 6.45) is 0. The minimum absolute atomic E-state index is 0.232. The normalized spacial score (nSPS) is 14.7. The summed E-state index contributed by atoms with van der Waals surface area (Å²) in [5, 5.41) is 24.8. The van der Waals surface area contributed by atoms with Crippen LogP contribution in [0.1, 0.15) is 0 Å². The topological polar surface area (TPSA) is 115 Å². The van der Waals surface area contributed by atoms with Crippen LogP contribution in [0.25, 0.3) is 10.9 Å². The van der Waals surface area contributed by atoms with Gasteiger partial charge in [0.25, 0.3) is 0 Å². The van der Waals surface area contributed by atoms with Crippen molar-refractivity contribution in [1.82, 2.24) is 9.88 Å². The number of aliphatic hydroxyl groups is 1. The Labute approximate surface area is 145 Å². The number of pyridine rings is 1. The van der Waals surface area contributed by atoms with Gasteiger partial charge in [0.2, 0.25) is 0 Å². The van der Waals surface area contributed by atoms with Crippen molar-refractivity contribution >= 4 is 16.7 Å². The molecular formula is C16H21N4O5-. The van der Waals surface area contributed by atoms with E-state index in [0.29, 0.717) is 0 Å². The largest absolute Gasteiger partial charge is 0.497 e. The van der Waals surface area contributed by atoms with Crippen LogP contribution < -0.4 is 9.64 Å². The quantitative estimate of drug-likeness (QED) is 0.645. The summed E-state index contributed by atoms with van der Waals surface area (Å²) >= 11 is 0. The number of aromatic nitrogens is 1. The van der Waals surface area contributed by atoms with E-state index in [4.69, 9.17) is 30.1 Å². The van der Waals surface area contributed by atoms with E-state index >= 15 is 0 Å². The fraction of sp³-hybridized carbons (Fsp3) is 0.438. The molecule has 0 unspecified atom stereocenters. The molecule has 3 rings (SSSR count). The standard InChI is InChI=1S/C16H21N3O2.NO3/c1-21-14-3-4-15-13(12-14)2-5-16(17-15)19-8-6-18(7-9-19)10-11-20;2-1(3)4/h2-5,12,20H,6-11H2,1H3;/q;-1. The van der Waals surface area contributed by atoms with E-state index in [9.17, 15) is 0 Å². The van der Waals surface area contributed by atoms with Crippen molar-refractivity contribution in [2.45, 2.75) is 0 Å². The molecular weight excluding hydrogens is 328 g/mol. The minimum Gasteiger partial charge on any atom is -0.497 e. The fourth-order valence-corrected chi connectivity index (χ4v) is 2.74. The first kappa shape index (κ1) is 18.7. The Kier molecular flexibility index (Phi) is 6.72. The molecule has 2 heterocycles. The van der Waals surface area contributed by atoms with Crippen LogP contribution in [0.4, 0.5) is 5.82 Å². The number of piperazine rings is 1. The average molecular weight is 349 g/mol. The Morgan fingerprint density at radius 2 is 1.88 bits per heavy atom. The highest BCUT2D eigenvalue weighted by atomic mass is 16.9. The molecule has 1 aliphatic heterocycles. The Morgan fingerprint density at radius 3 is 2.48 bits per heavy atom. The van der Waals surface area contributed by atoms with E-state index in [1.54, 1.807) is 7.11 Å². The number of aliphatic hydroxyl groups excluding tert-OH is 1. The lowest BCUT2D eigenvalue weighted by atomic mass is 10.2. The van der Waals surface area contributed by atoms with Gasteiger partial charge in [-0.1, -0.05) is 0 Å². The number of fused-ring (bicyclic) bond motifs is 1. The zero-order valence-electron chi connectivity index (χ0n) is 14.0. The molecule has 0 radical (unpaired) electrons. The number of β-amino-alcohol motifs (C(OH)–C–C–N with tert-alkyl or cyclic N) is 1. The molecule has 0 aliphatic carbocycles. The third-order valence-corrected chi connectivity index (χ3v) is 3.99. The number of anilines is 1. The smallest absolute Gasteiger partial charge is 0.129 e. The fourth-order valence-electron chi connectivity index (χ4n) is 2.74. The lowest BCUT2D eigenvalue weighted by molar-refractivity contribution is -0.402. The molecule has 1 aromatic heterocycles. The van der Waals surface area contributed by atoms with Crippen molar-refractivity contribution in [2.24, 2.45) is 0 Å². The Morgan fingerprint density at radius 1 is 1.20 bits per heavy atom. The van der Waals surface area contributed by atoms with Gasteiger partial charge in [-0.15, -0.1) is 0 Å². The van der Waals surface area contributed by atoms with Crippen LogP contribution in [0.15, 0.2) is 30.3 Å². The number of hydrogen-bond acceptors (Lipinski definition) is 8. The molecule has 9 heteroatoms. The van der Waals surface area contributed by atoms with Crippen LogP contribution in [0.3, 0.4) is 0 Å². The predicted octanol–water partition coefficient (Wildman–Crippen LogP) is 1.12. The lowest BCUT2D eigenvalue weighted by Gasteiger charge is -2.35. The highest BCUT2D eigenvalue weighted by Gasteiger charge is 2.17. The maximum Gasteiger partial charge on any atom is 0.129 e. The highest BCUT2D eigenvalue weighted by molar-refractivity contribution is 5.81. The van der Waals surface area contributed by atoms with Crippen LogP contribution >= 0.6 is 0 Å². The zero-order chi connectivity index (χ0) is 18.2. The van der Waals surface area contributed by atoms with Gasteiger partial charge in [-0.2, -0.15) is 0 Å². The van der Waals surface area contributed by atoms with Gasteiger partial charge in [0.1, 0.15) is 11.6 Å². The number of ether oxygens (including phenoxy) is 1. The number of rotatable bonds is 4. The van der Waals surface area contributed by atoms with E-state index in [0.717, 1.165) is 55.2 Å². The van der Waals surface area contributed by atoms with Gasteiger partial charge in [0.05, 0.1) is 24.3 Å². The molecule has 1 saturated heterocycles. The molecule has 2 aromatic rings. The molecule has 1 fully saturated rings. The molecule has 0 saturated carbocycles. The van der Waals surface area contributed by atoms with Crippen molar-refractivity contribution in [1.29, 1.82) is 0 Å². The van der Waals surface area contributed by atoms with Crippen LogP contribution in [-0.2, 0) is 0 Å². The molecule has 1 N–H and O–H groups in total. The van der Waals surface area contributed by atoms with Crippen molar-refractivity contribution in [2.75, 3.05) is 51.3 Å². The third kappa shape index (κ3) is 5.44. The van der Waals surface area contributed by atoms with Crippen LogP contribution in [0, 0.1) is 15.3 Å². The molecule has 0 bridgehead atoms. The van der Waals surface area contributed by atoms with Gasteiger partial charge < -0.3 is 30.1 Å². The number of hydrogen-bond donors (Lipinski definition) is 1. The SMILES string of the molecule is COc1ccc2nc(N3CCN(CCO)CC3)ccc2c1.O=[N+]([O-])[O-]. The summed E-state index contributed by atoms with van der Waals surface area (Å²) in [5.41, 5.74) is 0.992. The van der Waals surface area contributed by atoms with E-state index in [1.807, 2.05) is 18.2 Å². The van der Waals surface area contributed by atoms with E-state index < -0.39 is 5.09 Å². The van der Waals surface area contributed by atoms with Crippen LogP contribution in [-0.4, -0.2) is 66.5 Å². The van der Waals surface area contributed by atoms with Gasteiger partial charge >= 0.3 is 0 Å². The third-order valence-electron chi connectivity index (χ3n) is 3.99. The van der Waals surface area contributed by atoms with E-state index in [2.05, 4.69) is 21.9 Å². The van der Waals surface area contributed by atoms with Gasteiger partial charge in [-0.3, -0.25) is 4.90 Å². The zero-order valence-corrected chi connectivity index (χ0v) is 14.0. The summed E-state index contributed by atoms with van der Waals surface area (Å²) in [4.78, 5) is 17.6. The van der Waals surface area contributed by atoms with Gasteiger partial charge in [0, 0.05) is 38.1 Å². The maximum atomic E-state index is 8.98. The van der Waals surface area contributed by atoms with Crippen molar-refractivity contribution in [3.8, 4) is 5.75 Å². The Hall–Kier alpha value is -2.65. The molecule has 136 valence electrons. The minimum atomic E-state index is -1.75. The van der Waals surface area contributed by atoms with Gasteiger partial charge in [0.15, 0.2) is 0 Å². The molecule has 0 spiro atoms. The predicted molar refractivity (Wildman–Crippen MR) is 94.4 cm³/mol. The lowest BCUT2D eigenvalue weighted by Crippen LogP contribution is -2.47.